The maximum Gasteiger partial charge on any atom is 0.151 e. The zero-order valence-corrected chi connectivity index (χ0v) is 13.2. The van der Waals surface area contributed by atoms with Crippen molar-refractivity contribution in [2.45, 2.75) is 19.8 Å². The number of hydrogen-bond donors (Lipinski definition) is 1. The van der Waals surface area contributed by atoms with Crippen LogP contribution in [0.5, 0.6) is 5.75 Å². The lowest BCUT2D eigenvalue weighted by Crippen LogP contribution is -2.17. The summed E-state index contributed by atoms with van der Waals surface area (Å²) in [6.45, 7) is 4.12. The van der Waals surface area contributed by atoms with Crippen molar-refractivity contribution in [1.29, 1.82) is 0 Å². The van der Waals surface area contributed by atoms with E-state index < -0.39 is 0 Å². The first-order valence-electron chi connectivity index (χ1n) is 6.61. The molecule has 0 spiro atoms. The summed E-state index contributed by atoms with van der Waals surface area (Å²) < 4.78 is 5.35. The number of methoxy groups -OCH3 is 1. The van der Waals surface area contributed by atoms with Crippen LogP contribution in [0.4, 0.5) is 0 Å². The molecule has 0 aliphatic heterocycles. The predicted octanol–water partition coefficient (Wildman–Crippen LogP) is 3.41. The van der Waals surface area contributed by atoms with Crippen molar-refractivity contribution in [3.05, 3.63) is 28.2 Å². The average Bonchev–Trinajstić information content (AvgIpc) is 2.92. The van der Waals surface area contributed by atoms with Crippen LogP contribution < -0.4 is 10.1 Å². The van der Waals surface area contributed by atoms with Crippen molar-refractivity contribution < 1.29 is 4.74 Å². The Kier molecular flexibility index (Phi) is 5.76. The number of nitrogens with one attached hydrogen (secondary N) is 1. The minimum Gasteiger partial charge on any atom is -0.496 e. The molecule has 0 unspecified atom stereocenters. The lowest BCUT2D eigenvalue weighted by molar-refractivity contribution is 0.416. The normalized spacial score (nSPS) is 10.8. The van der Waals surface area contributed by atoms with Crippen molar-refractivity contribution >= 4 is 22.9 Å². The van der Waals surface area contributed by atoms with E-state index in [2.05, 4.69) is 22.4 Å². The van der Waals surface area contributed by atoms with E-state index in [9.17, 15) is 0 Å². The minimum absolute atomic E-state index is 0.652. The molecule has 1 aromatic heterocycles. The summed E-state index contributed by atoms with van der Waals surface area (Å²) in [5.41, 5.74) is 0.933. The van der Waals surface area contributed by atoms with Crippen LogP contribution in [0.25, 0.3) is 10.6 Å². The lowest BCUT2D eigenvalue weighted by Gasteiger charge is -2.05. The molecule has 0 bridgehead atoms. The van der Waals surface area contributed by atoms with Crippen molar-refractivity contribution in [3.63, 3.8) is 0 Å². The molecule has 2 aromatic rings. The minimum atomic E-state index is 0.652. The van der Waals surface area contributed by atoms with E-state index in [0.29, 0.717) is 5.02 Å². The van der Waals surface area contributed by atoms with Gasteiger partial charge in [0.15, 0.2) is 5.01 Å². The Bertz CT molecular complexity index is 559. The van der Waals surface area contributed by atoms with E-state index in [1.54, 1.807) is 24.5 Å². The summed E-state index contributed by atoms with van der Waals surface area (Å²) in [6, 6.07) is 5.55. The second kappa shape index (κ2) is 7.57. The Morgan fingerprint density at radius 1 is 1.30 bits per heavy atom. The average molecular weight is 312 g/mol. The Labute approximate surface area is 128 Å². The third-order valence-electron chi connectivity index (χ3n) is 2.80. The van der Waals surface area contributed by atoms with E-state index in [0.717, 1.165) is 47.3 Å². The molecule has 0 amide bonds. The highest BCUT2D eigenvalue weighted by Crippen LogP contribution is 2.34. The van der Waals surface area contributed by atoms with Gasteiger partial charge in [0.1, 0.15) is 10.8 Å². The van der Waals surface area contributed by atoms with Gasteiger partial charge in [-0.1, -0.05) is 29.9 Å². The third kappa shape index (κ3) is 3.91. The fourth-order valence-corrected chi connectivity index (χ4v) is 2.83. The van der Waals surface area contributed by atoms with Gasteiger partial charge in [-0.15, -0.1) is 10.2 Å². The number of halogens is 1. The second-order valence-electron chi connectivity index (χ2n) is 4.35. The molecule has 1 aromatic carbocycles. The molecule has 2 rings (SSSR count). The van der Waals surface area contributed by atoms with Gasteiger partial charge < -0.3 is 10.1 Å². The first kappa shape index (κ1) is 15.2. The molecule has 0 atom stereocenters. The number of hydrogen-bond acceptors (Lipinski definition) is 5. The summed E-state index contributed by atoms with van der Waals surface area (Å²) in [7, 11) is 1.63. The standard InChI is InChI=1S/C14H18ClN3OS/c1-3-7-16-8-6-13-17-18-14(20-13)11-5-4-10(15)9-12(11)19-2/h4-5,9,16H,3,6-8H2,1-2H3. The Morgan fingerprint density at radius 2 is 2.15 bits per heavy atom. The zero-order valence-electron chi connectivity index (χ0n) is 11.6. The van der Waals surface area contributed by atoms with E-state index in [1.165, 1.54) is 0 Å². The molecule has 1 N–H and O–H groups in total. The van der Waals surface area contributed by atoms with Crippen LogP contribution >= 0.6 is 22.9 Å². The molecule has 0 aliphatic carbocycles. The highest BCUT2D eigenvalue weighted by molar-refractivity contribution is 7.14. The van der Waals surface area contributed by atoms with Crippen molar-refractivity contribution in [1.82, 2.24) is 15.5 Å². The largest absolute Gasteiger partial charge is 0.496 e. The van der Waals surface area contributed by atoms with Crippen LogP contribution in [-0.2, 0) is 6.42 Å². The van der Waals surface area contributed by atoms with Gasteiger partial charge in [-0.3, -0.25) is 0 Å². The number of ether oxygens (including phenoxy) is 1. The molecule has 0 saturated carbocycles. The summed E-state index contributed by atoms with van der Waals surface area (Å²) >= 11 is 7.56. The van der Waals surface area contributed by atoms with E-state index in [-0.39, 0.29) is 0 Å². The van der Waals surface area contributed by atoms with E-state index in [4.69, 9.17) is 16.3 Å². The van der Waals surface area contributed by atoms with Gasteiger partial charge in [0.2, 0.25) is 0 Å². The topological polar surface area (TPSA) is 47.0 Å². The molecular weight excluding hydrogens is 294 g/mol. The predicted molar refractivity (Wildman–Crippen MR) is 83.8 cm³/mol. The van der Waals surface area contributed by atoms with Gasteiger partial charge in [-0.05, 0) is 31.2 Å². The van der Waals surface area contributed by atoms with Crippen LogP contribution in [0.3, 0.4) is 0 Å². The summed E-state index contributed by atoms with van der Waals surface area (Å²) in [6.07, 6.45) is 2.04. The van der Waals surface area contributed by atoms with E-state index in [1.807, 2.05) is 12.1 Å². The molecule has 6 heteroatoms. The maximum atomic E-state index is 5.97. The first-order valence-corrected chi connectivity index (χ1v) is 7.81. The number of nitrogens with zero attached hydrogens (tertiary/aromatic N) is 2. The molecule has 0 aliphatic rings. The SMILES string of the molecule is CCCNCCc1nnc(-c2ccc(Cl)cc2OC)s1. The van der Waals surface area contributed by atoms with Crippen LogP contribution in [0.15, 0.2) is 18.2 Å². The van der Waals surface area contributed by atoms with E-state index >= 15 is 0 Å². The van der Waals surface area contributed by atoms with Crippen LogP contribution in [0.2, 0.25) is 5.02 Å². The van der Waals surface area contributed by atoms with Crippen LogP contribution in [-0.4, -0.2) is 30.4 Å². The number of aromatic nitrogens is 2. The molecule has 4 nitrogen and oxygen atoms in total. The fourth-order valence-electron chi connectivity index (χ4n) is 1.80. The van der Waals surface area contributed by atoms with Crippen LogP contribution in [0.1, 0.15) is 18.4 Å². The fraction of sp³-hybridized carbons (Fsp3) is 0.429. The van der Waals surface area contributed by atoms with Gasteiger partial charge in [0.05, 0.1) is 12.7 Å². The second-order valence-corrected chi connectivity index (χ2v) is 5.84. The quantitative estimate of drug-likeness (QED) is 0.796. The van der Waals surface area contributed by atoms with Gasteiger partial charge in [0, 0.05) is 18.0 Å². The highest BCUT2D eigenvalue weighted by Gasteiger charge is 2.12. The van der Waals surface area contributed by atoms with Gasteiger partial charge >= 0.3 is 0 Å². The van der Waals surface area contributed by atoms with Gasteiger partial charge in [-0.25, -0.2) is 0 Å². The van der Waals surface area contributed by atoms with Crippen LogP contribution in [0, 0.1) is 0 Å². The number of rotatable bonds is 7. The Balaban J connectivity index is 2.08. The zero-order chi connectivity index (χ0) is 14.4. The summed E-state index contributed by atoms with van der Waals surface area (Å²) in [4.78, 5) is 0. The Hall–Kier alpha value is -1.17. The first-order chi connectivity index (χ1) is 9.74. The highest BCUT2D eigenvalue weighted by atomic mass is 35.5. The summed E-state index contributed by atoms with van der Waals surface area (Å²) in [5, 5.41) is 14.4. The third-order valence-corrected chi connectivity index (χ3v) is 4.05. The molecule has 0 fully saturated rings. The molecule has 0 saturated heterocycles. The summed E-state index contributed by atoms with van der Waals surface area (Å²) in [5.74, 6) is 0.726. The van der Waals surface area contributed by atoms with Gasteiger partial charge in [-0.2, -0.15) is 0 Å². The molecule has 1 heterocycles. The lowest BCUT2D eigenvalue weighted by atomic mass is 10.2. The Morgan fingerprint density at radius 3 is 2.90 bits per heavy atom. The number of benzene rings is 1. The van der Waals surface area contributed by atoms with Crippen molar-refractivity contribution in [2.75, 3.05) is 20.2 Å². The molecule has 20 heavy (non-hydrogen) atoms. The monoisotopic (exact) mass is 311 g/mol. The molecule has 0 radical (unpaired) electrons. The van der Waals surface area contributed by atoms with Crippen molar-refractivity contribution in [3.8, 4) is 16.3 Å². The van der Waals surface area contributed by atoms with Gasteiger partial charge in [0.25, 0.3) is 0 Å². The smallest absolute Gasteiger partial charge is 0.151 e. The molecular formula is C14H18ClN3OS. The molecule has 108 valence electrons. The van der Waals surface area contributed by atoms with Crippen molar-refractivity contribution in [2.24, 2.45) is 0 Å². The maximum absolute atomic E-state index is 5.97.